The van der Waals surface area contributed by atoms with Gasteiger partial charge in [0.25, 0.3) is 0 Å². The molecule has 1 aromatic heterocycles. The van der Waals surface area contributed by atoms with Gasteiger partial charge in [0, 0.05) is 43.4 Å². The summed E-state index contributed by atoms with van der Waals surface area (Å²) in [5, 5.41) is 11.4. The highest BCUT2D eigenvalue weighted by Gasteiger charge is 2.38. The van der Waals surface area contributed by atoms with E-state index in [4.69, 9.17) is 5.41 Å². The Balaban J connectivity index is 1.64. The molecule has 0 amide bonds. The number of piperidine rings is 1. The fourth-order valence-corrected chi connectivity index (χ4v) is 5.11. The SMILES string of the molecule is N=CC1=C(Nc2ccc(F)cc2)C=C(CCNS)C(C=O)(Cc2cncc(N3CCCCC3)c2)C1. The number of rotatable bonds is 10. The number of nitrogens with zero attached hydrogens (tertiary/aromatic N) is 2. The van der Waals surface area contributed by atoms with Crippen LogP contribution in [-0.4, -0.2) is 37.1 Å². The zero-order valence-corrected chi connectivity index (χ0v) is 20.7. The molecule has 1 atom stereocenters. The third-order valence-corrected chi connectivity index (χ3v) is 7.08. The minimum Gasteiger partial charge on any atom is -0.370 e. The number of thiol groups is 1. The minimum absolute atomic E-state index is 0.308. The predicted molar refractivity (Wildman–Crippen MR) is 143 cm³/mol. The number of carbonyl (C=O) groups is 1. The van der Waals surface area contributed by atoms with Crippen molar-refractivity contribution in [1.82, 2.24) is 9.71 Å². The van der Waals surface area contributed by atoms with E-state index in [0.717, 1.165) is 53.2 Å². The molecule has 35 heavy (non-hydrogen) atoms. The van der Waals surface area contributed by atoms with Crippen molar-refractivity contribution in [2.24, 2.45) is 5.41 Å². The number of benzene rings is 1. The van der Waals surface area contributed by atoms with Gasteiger partial charge in [-0.05, 0) is 86.1 Å². The fourth-order valence-electron chi connectivity index (χ4n) is 5.00. The topological polar surface area (TPSA) is 81.1 Å². The van der Waals surface area contributed by atoms with E-state index in [1.165, 1.54) is 37.6 Å². The highest BCUT2D eigenvalue weighted by atomic mass is 32.1. The van der Waals surface area contributed by atoms with Crippen LogP contribution < -0.4 is 14.9 Å². The smallest absolute Gasteiger partial charge is 0.130 e. The number of halogens is 1. The predicted octanol–water partition coefficient (Wildman–Crippen LogP) is 5.11. The number of anilines is 2. The molecule has 1 aliphatic heterocycles. The van der Waals surface area contributed by atoms with Crippen LogP contribution in [0.5, 0.6) is 0 Å². The summed E-state index contributed by atoms with van der Waals surface area (Å²) in [5.74, 6) is -0.308. The van der Waals surface area contributed by atoms with Crippen molar-refractivity contribution in [3.05, 3.63) is 77.0 Å². The molecule has 0 radical (unpaired) electrons. The van der Waals surface area contributed by atoms with Crippen LogP contribution in [0.2, 0.25) is 0 Å². The number of pyridine rings is 1. The molecule has 0 spiro atoms. The van der Waals surface area contributed by atoms with Crippen molar-refractivity contribution in [2.45, 2.75) is 38.5 Å². The number of aromatic nitrogens is 1. The quantitative estimate of drug-likeness (QED) is 0.210. The molecule has 1 aliphatic carbocycles. The molecule has 6 nitrogen and oxygen atoms in total. The number of carbonyl (C=O) groups excluding carboxylic acids is 1. The first-order valence-electron chi connectivity index (χ1n) is 12.1. The van der Waals surface area contributed by atoms with Crippen molar-refractivity contribution < 1.29 is 9.18 Å². The summed E-state index contributed by atoms with van der Waals surface area (Å²) >= 11 is 4.15. The van der Waals surface area contributed by atoms with Gasteiger partial charge in [0.05, 0.1) is 17.3 Å². The zero-order chi connectivity index (χ0) is 24.7. The lowest BCUT2D eigenvalue weighted by molar-refractivity contribution is -0.114. The molecule has 0 bridgehead atoms. The van der Waals surface area contributed by atoms with Gasteiger partial charge >= 0.3 is 0 Å². The summed E-state index contributed by atoms with van der Waals surface area (Å²) in [6, 6.07) is 8.25. The van der Waals surface area contributed by atoms with Crippen molar-refractivity contribution >= 4 is 36.7 Å². The van der Waals surface area contributed by atoms with Crippen molar-refractivity contribution in [3.63, 3.8) is 0 Å². The lowest BCUT2D eigenvalue weighted by Crippen LogP contribution is -2.34. The highest BCUT2D eigenvalue weighted by molar-refractivity contribution is 7.78. The zero-order valence-electron chi connectivity index (χ0n) is 19.8. The van der Waals surface area contributed by atoms with Crippen LogP contribution in [0.25, 0.3) is 0 Å². The van der Waals surface area contributed by atoms with Gasteiger partial charge in [-0.25, -0.2) is 4.39 Å². The molecule has 4 rings (SSSR count). The van der Waals surface area contributed by atoms with Crippen molar-refractivity contribution in [1.29, 1.82) is 5.41 Å². The Morgan fingerprint density at radius 3 is 2.63 bits per heavy atom. The third-order valence-electron chi connectivity index (χ3n) is 6.86. The number of hydrogen-bond acceptors (Lipinski definition) is 7. The fraction of sp³-hybridized carbons (Fsp3) is 0.370. The summed E-state index contributed by atoms with van der Waals surface area (Å²) in [4.78, 5) is 19.6. The summed E-state index contributed by atoms with van der Waals surface area (Å²) < 4.78 is 16.2. The Hall–Kier alpha value is -2.97. The Labute approximate surface area is 211 Å². The van der Waals surface area contributed by atoms with Gasteiger partial charge in [0.2, 0.25) is 0 Å². The molecule has 1 aromatic carbocycles. The van der Waals surface area contributed by atoms with E-state index in [1.54, 1.807) is 12.1 Å². The molecule has 184 valence electrons. The molecular weight excluding hydrogens is 461 g/mol. The van der Waals surface area contributed by atoms with Crippen LogP contribution in [0.1, 0.15) is 37.7 Å². The van der Waals surface area contributed by atoms with Crippen LogP contribution >= 0.6 is 12.8 Å². The maximum absolute atomic E-state index is 13.4. The minimum atomic E-state index is -0.784. The van der Waals surface area contributed by atoms with Crippen molar-refractivity contribution in [2.75, 3.05) is 29.9 Å². The third kappa shape index (κ3) is 6.00. The van der Waals surface area contributed by atoms with Gasteiger partial charge in [-0.1, -0.05) is 18.4 Å². The Kier molecular flexibility index (Phi) is 8.36. The average molecular weight is 494 g/mol. The molecule has 3 N–H and O–H groups in total. The largest absolute Gasteiger partial charge is 0.370 e. The molecule has 2 aromatic rings. The van der Waals surface area contributed by atoms with E-state index in [-0.39, 0.29) is 5.82 Å². The monoisotopic (exact) mass is 493 g/mol. The van der Waals surface area contributed by atoms with E-state index >= 15 is 0 Å². The summed E-state index contributed by atoms with van der Waals surface area (Å²) in [5.41, 5.74) is 4.48. The summed E-state index contributed by atoms with van der Waals surface area (Å²) in [6.45, 7) is 2.66. The normalized spacial score (nSPS) is 20.4. The number of nitrogens with one attached hydrogen (secondary N) is 3. The molecule has 8 heteroatoms. The van der Waals surface area contributed by atoms with E-state index in [0.29, 0.717) is 25.8 Å². The molecule has 2 aliphatic rings. The van der Waals surface area contributed by atoms with Gasteiger partial charge < -0.3 is 20.4 Å². The molecule has 1 saturated heterocycles. The van der Waals surface area contributed by atoms with Gasteiger partial charge in [0.1, 0.15) is 12.1 Å². The number of hydrogen-bond donors (Lipinski definition) is 4. The van der Waals surface area contributed by atoms with Gasteiger partial charge in [-0.15, -0.1) is 0 Å². The average Bonchev–Trinajstić information content (AvgIpc) is 2.90. The maximum atomic E-state index is 13.4. The van der Waals surface area contributed by atoms with E-state index < -0.39 is 5.41 Å². The van der Waals surface area contributed by atoms with Crippen LogP contribution in [0.4, 0.5) is 15.8 Å². The second-order valence-corrected chi connectivity index (χ2v) is 9.59. The van der Waals surface area contributed by atoms with Crippen LogP contribution in [0.15, 0.2) is 65.6 Å². The Morgan fingerprint density at radius 2 is 1.94 bits per heavy atom. The van der Waals surface area contributed by atoms with Crippen molar-refractivity contribution in [3.8, 4) is 0 Å². The second kappa shape index (κ2) is 11.6. The number of allylic oxidation sites excluding steroid dienone is 2. The Morgan fingerprint density at radius 1 is 1.17 bits per heavy atom. The Bertz CT molecular complexity index is 1110. The summed E-state index contributed by atoms with van der Waals surface area (Å²) in [6.07, 6.45) is 13.2. The first-order valence-corrected chi connectivity index (χ1v) is 12.5. The van der Waals surface area contributed by atoms with Gasteiger partial charge in [-0.3, -0.25) is 9.71 Å². The lowest BCUT2D eigenvalue weighted by Gasteiger charge is -2.36. The van der Waals surface area contributed by atoms with E-state index in [2.05, 4.69) is 38.8 Å². The molecule has 2 heterocycles. The van der Waals surface area contributed by atoms with Crippen LogP contribution in [-0.2, 0) is 11.2 Å². The van der Waals surface area contributed by atoms with Crippen LogP contribution in [0, 0.1) is 16.6 Å². The molecule has 1 unspecified atom stereocenters. The molecule has 1 fully saturated rings. The van der Waals surface area contributed by atoms with E-state index in [9.17, 15) is 9.18 Å². The van der Waals surface area contributed by atoms with Crippen LogP contribution in [0.3, 0.4) is 0 Å². The first kappa shape index (κ1) is 25.1. The van der Waals surface area contributed by atoms with Gasteiger partial charge in [0.15, 0.2) is 0 Å². The highest BCUT2D eigenvalue weighted by Crippen LogP contribution is 2.43. The first-order chi connectivity index (χ1) is 17.1. The van der Waals surface area contributed by atoms with Gasteiger partial charge in [-0.2, -0.15) is 0 Å². The standard InChI is InChI=1S/C27H32FN5OS/c28-23-4-6-24(7-5-23)32-26-13-22(8-9-31-35)27(19-34,15-21(26)16-29)14-20-12-25(18-30-17-20)33-10-2-1-3-11-33/h4-7,12-13,16-19,29,31-32,35H,1-3,8-11,14-15H2. The maximum Gasteiger partial charge on any atom is 0.130 e. The second-order valence-electron chi connectivity index (χ2n) is 9.27. The van der Waals surface area contributed by atoms with E-state index in [1.807, 2.05) is 18.5 Å². The lowest BCUT2D eigenvalue weighted by atomic mass is 9.68. The number of aldehydes is 1. The summed E-state index contributed by atoms with van der Waals surface area (Å²) in [7, 11) is 0. The molecule has 0 saturated carbocycles. The molecular formula is C27H32FN5OS.